The van der Waals surface area contributed by atoms with Crippen LogP contribution in [0.2, 0.25) is 0 Å². The zero-order valence-electron chi connectivity index (χ0n) is 32.7. The number of halogens is 1. The Labute approximate surface area is 334 Å². The van der Waals surface area contributed by atoms with Crippen molar-refractivity contribution < 1.29 is 57.1 Å². The highest BCUT2D eigenvalue weighted by molar-refractivity contribution is 6.22. The van der Waals surface area contributed by atoms with Crippen molar-refractivity contribution in [3.63, 3.8) is 0 Å². The van der Waals surface area contributed by atoms with Gasteiger partial charge >= 0.3 is 23.9 Å². The molecule has 7 atom stereocenters. The van der Waals surface area contributed by atoms with Crippen molar-refractivity contribution in [1.29, 1.82) is 0 Å². The molecule has 57 heavy (non-hydrogen) atoms. The summed E-state index contributed by atoms with van der Waals surface area (Å²) in [5.41, 5.74) is 2.47. The molecular formula is C41H46ClN3O12. The van der Waals surface area contributed by atoms with Gasteiger partial charge in [-0.2, -0.15) is 0 Å². The van der Waals surface area contributed by atoms with Crippen LogP contribution in [0.15, 0.2) is 54.6 Å². The first-order valence-corrected chi connectivity index (χ1v) is 18.9. The number of rotatable bonds is 13. The van der Waals surface area contributed by atoms with Crippen LogP contribution in [0.3, 0.4) is 0 Å². The Morgan fingerprint density at radius 3 is 2.19 bits per heavy atom. The van der Waals surface area contributed by atoms with Crippen molar-refractivity contribution in [2.24, 2.45) is 0 Å². The van der Waals surface area contributed by atoms with Gasteiger partial charge in [0.25, 0.3) is 5.91 Å². The molecule has 15 nitrogen and oxygen atoms in total. The van der Waals surface area contributed by atoms with Gasteiger partial charge in [0, 0.05) is 74.4 Å². The number of benzene rings is 3. The summed E-state index contributed by atoms with van der Waals surface area (Å²) in [6.07, 6.45) is -6.98. The van der Waals surface area contributed by atoms with Crippen molar-refractivity contribution in [2.75, 3.05) is 45.3 Å². The lowest BCUT2D eigenvalue weighted by Crippen LogP contribution is -2.63. The maximum atomic E-state index is 14.5. The predicted octanol–water partition coefficient (Wildman–Crippen LogP) is 5.09. The Hall–Kier alpha value is -5.38. The van der Waals surface area contributed by atoms with E-state index >= 15 is 0 Å². The number of hydrogen-bond donors (Lipinski definition) is 1. The zero-order chi connectivity index (χ0) is 41.1. The fourth-order valence-electron chi connectivity index (χ4n) is 7.23. The highest BCUT2D eigenvalue weighted by Crippen LogP contribution is 2.48. The van der Waals surface area contributed by atoms with Crippen LogP contribution >= 0.6 is 11.6 Å². The van der Waals surface area contributed by atoms with E-state index in [1.807, 2.05) is 68.4 Å². The minimum atomic E-state index is -1.50. The van der Waals surface area contributed by atoms with Gasteiger partial charge in [-0.25, -0.2) is 0 Å². The lowest BCUT2D eigenvalue weighted by Gasteiger charge is -2.44. The van der Waals surface area contributed by atoms with Gasteiger partial charge in [-0.15, -0.1) is 11.6 Å². The third-order valence-electron chi connectivity index (χ3n) is 9.69. The maximum Gasteiger partial charge on any atom is 0.303 e. The number of likely N-dealkylation sites (N-methyl/N-ethyl adjacent to an activating group) is 1. The second-order valence-electron chi connectivity index (χ2n) is 14.3. The number of ether oxygens (including phenoxy) is 7. The molecule has 0 saturated carbocycles. The highest BCUT2D eigenvalue weighted by atomic mass is 35.5. The van der Waals surface area contributed by atoms with Crippen molar-refractivity contribution >= 4 is 68.7 Å². The van der Waals surface area contributed by atoms with Crippen LogP contribution in [0.5, 0.6) is 11.5 Å². The molecule has 16 heteroatoms. The van der Waals surface area contributed by atoms with E-state index in [9.17, 15) is 24.0 Å². The molecule has 0 spiro atoms. The van der Waals surface area contributed by atoms with Gasteiger partial charge in [-0.1, -0.05) is 24.3 Å². The number of aromatic nitrogens is 1. The van der Waals surface area contributed by atoms with Crippen molar-refractivity contribution in [3.05, 3.63) is 65.9 Å². The molecule has 3 heterocycles. The number of hydrogen-bond acceptors (Lipinski definition) is 13. The van der Waals surface area contributed by atoms with E-state index < -0.39 is 61.2 Å². The van der Waals surface area contributed by atoms with Crippen LogP contribution in [0.25, 0.3) is 21.7 Å². The largest absolute Gasteiger partial charge is 0.492 e. The molecule has 1 saturated heterocycles. The van der Waals surface area contributed by atoms with Gasteiger partial charge in [0.2, 0.25) is 12.4 Å². The minimum Gasteiger partial charge on any atom is -0.492 e. The second kappa shape index (κ2) is 17.4. The average molecular weight is 808 g/mol. The number of H-pyrrole nitrogens is 1. The normalized spacial score (nSPS) is 22.2. The maximum absolute atomic E-state index is 14.5. The number of anilines is 1. The number of esters is 4. The number of nitrogens with zero attached hydrogens (tertiary/aromatic N) is 2. The Morgan fingerprint density at radius 2 is 1.54 bits per heavy atom. The van der Waals surface area contributed by atoms with Crippen LogP contribution in [0, 0.1) is 0 Å². The molecule has 1 aromatic heterocycles. The van der Waals surface area contributed by atoms with Crippen LogP contribution in [-0.4, -0.2) is 116 Å². The first-order chi connectivity index (χ1) is 27.1. The molecule has 1 amide bonds. The fraction of sp³-hybridized carbons (Fsp3) is 0.439. The topological polar surface area (TPSA) is 172 Å². The molecular weight excluding hydrogens is 762 g/mol. The van der Waals surface area contributed by atoms with Gasteiger partial charge in [0.1, 0.15) is 36.5 Å². The van der Waals surface area contributed by atoms with E-state index in [0.717, 1.165) is 49.2 Å². The monoisotopic (exact) mass is 807 g/mol. The molecule has 6 rings (SSSR count). The summed E-state index contributed by atoms with van der Waals surface area (Å²) in [6.45, 7) is 7.60. The van der Waals surface area contributed by atoms with Gasteiger partial charge in [-0.3, -0.25) is 24.0 Å². The summed E-state index contributed by atoms with van der Waals surface area (Å²) < 4.78 is 40.8. The summed E-state index contributed by atoms with van der Waals surface area (Å²) in [7, 11) is 3.94. The van der Waals surface area contributed by atoms with Crippen molar-refractivity contribution in [2.45, 2.75) is 76.6 Å². The van der Waals surface area contributed by atoms with Crippen molar-refractivity contribution in [1.82, 2.24) is 9.88 Å². The second-order valence-corrected chi connectivity index (χ2v) is 15.0. The number of carbonyl (C=O) groups is 5. The molecule has 0 bridgehead atoms. The number of nitrogens with one attached hydrogen (secondary N) is 1. The molecule has 1 N–H and O–H groups in total. The van der Waals surface area contributed by atoms with E-state index in [0.29, 0.717) is 29.1 Å². The summed E-state index contributed by atoms with van der Waals surface area (Å²) in [5, 5.41) is 1.79. The zero-order valence-corrected chi connectivity index (χ0v) is 33.5. The number of fused-ring (bicyclic) bond motifs is 4. The van der Waals surface area contributed by atoms with E-state index in [4.69, 9.17) is 44.8 Å². The summed E-state index contributed by atoms with van der Waals surface area (Å²) in [4.78, 5) is 70.5. The first kappa shape index (κ1) is 41.3. The lowest BCUT2D eigenvalue weighted by atomic mass is 9.92. The van der Waals surface area contributed by atoms with Gasteiger partial charge in [-0.05, 0) is 56.2 Å². The van der Waals surface area contributed by atoms with E-state index in [1.54, 1.807) is 17.0 Å². The minimum absolute atomic E-state index is 0.224. The van der Waals surface area contributed by atoms with Gasteiger partial charge in [0.15, 0.2) is 12.2 Å². The van der Waals surface area contributed by atoms with E-state index in [2.05, 4.69) is 4.98 Å². The van der Waals surface area contributed by atoms with Crippen molar-refractivity contribution in [3.8, 4) is 11.5 Å². The Balaban J connectivity index is 1.41. The van der Waals surface area contributed by atoms with Crippen LogP contribution in [0.1, 0.15) is 56.6 Å². The molecule has 0 radical (unpaired) electrons. The number of alkyl halides is 1. The third kappa shape index (κ3) is 9.27. The molecule has 4 aromatic rings. The molecule has 3 aromatic carbocycles. The molecule has 2 aliphatic heterocycles. The molecule has 1 fully saturated rings. The molecule has 0 aliphatic carbocycles. The fourth-order valence-corrected chi connectivity index (χ4v) is 7.44. The average Bonchev–Trinajstić information content (AvgIpc) is 3.74. The van der Waals surface area contributed by atoms with E-state index in [-0.39, 0.29) is 29.5 Å². The highest BCUT2D eigenvalue weighted by Gasteiger charge is 2.53. The third-order valence-corrected chi connectivity index (χ3v) is 9.99. The number of aromatic amines is 1. The van der Waals surface area contributed by atoms with Crippen LogP contribution in [0.4, 0.5) is 5.69 Å². The quantitative estimate of drug-likeness (QED) is 0.108. The summed E-state index contributed by atoms with van der Waals surface area (Å²) >= 11 is 6.83. The van der Waals surface area contributed by atoms with Gasteiger partial charge < -0.3 is 47.9 Å². The first-order valence-electron chi connectivity index (χ1n) is 18.5. The summed E-state index contributed by atoms with van der Waals surface area (Å²) in [5.74, 6) is -2.62. The Kier molecular flexibility index (Phi) is 12.6. The number of carbonyl (C=O) groups excluding carboxylic acids is 5. The standard InChI is InChI=1S/C41H46ClN3O12/c1-21(42)30-19-45(40(50)32-17-26-16-27(12-13-31(26)43-32)51-15-14-44(6)7)33-18-34(28-10-8-9-11-29(28)36(30)33)56-41-39(55-25(5)49)38(54-24(4)48)37(53-23(3)47)35(57-41)20-52-22(2)46/h8-13,16-18,21,30,35,37-39,41,43H,14-15,19-20H2,1-7H3/t21-,30+,35-,37-,38+,39+,41+/m1/s1. The van der Waals surface area contributed by atoms with Crippen LogP contribution in [-0.2, 0) is 42.9 Å². The Morgan fingerprint density at radius 1 is 0.877 bits per heavy atom. The smallest absolute Gasteiger partial charge is 0.303 e. The summed E-state index contributed by atoms with van der Waals surface area (Å²) in [6, 6.07) is 16.5. The lowest BCUT2D eigenvalue weighted by molar-refractivity contribution is -0.288. The molecule has 304 valence electrons. The Bertz CT molecular complexity index is 2170. The van der Waals surface area contributed by atoms with Gasteiger partial charge in [0.05, 0.1) is 5.69 Å². The predicted molar refractivity (Wildman–Crippen MR) is 209 cm³/mol. The van der Waals surface area contributed by atoms with Crippen LogP contribution < -0.4 is 14.4 Å². The SMILES string of the molecule is CC(=O)OC[C@H]1O[C@H](Oc2cc3c(c4ccccc24)[C@H]([C@@H](C)Cl)CN3C(=O)c2cc3cc(OCCN(C)C)ccc3[nH]2)[C@@H](OC(C)=O)[C@@H](OC(C)=O)[C@@H]1OC(C)=O. The van der Waals surface area contributed by atoms with E-state index in [1.165, 1.54) is 6.92 Å². The molecule has 0 unspecified atom stereocenters. The number of amides is 1. The molecule has 2 aliphatic rings.